The second-order valence-corrected chi connectivity index (χ2v) is 5.24. The molecule has 4 nitrogen and oxygen atoms in total. The summed E-state index contributed by atoms with van der Waals surface area (Å²) in [5.74, 6) is 1.41. The Labute approximate surface area is 114 Å². The summed E-state index contributed by atoms with van der Waals surface area (Å²) in [6.45, 7) is 1.12. The fourth-order valence-corrected chi connectivity index (χ4v) is 2.54. The molecule has 0 unspecified atom stereocenters. The van der Waals surface area contributed by atoms with Gasteiger partial charge in [-0.3, -0.25) is 0 Å². The molecule has 1 aromatic carbocycles. The molecular weight excluding hydrogens is 242 g/mol. The Bertz CT molecular complexity index is 414. The maximum Gasteiger partial charge on any atom is 0.161 e. The normalized spacial score (nSPS) is 17.4. The van der Waals surface area contributed by atoms with Crippen molar-refractivity contribution in [2.75, 3.05) is 20.8 Å². The van der Waals surface area contributed by atoms with Crippen molar-refractivity contribution < 1.29 is 14.6 Å². The Balaban J connectivity index is 2.06. The third kappa shape index (κ3) is 3.61. The third-order valence-corrected chi connectivity index (χ3v) is 3.64. The van der Waals surface area contributed by atoms with E-state index in [1.807, 2.05) is 25.2 Å². The van der Waals surface area contributed by atoms with Gasteiger partial charge in [0.05, 0.1) is 12.7 Å². The molecule has 0 spiro atoms. The molecule has 0 saturated heterocycles. The molecule has 0 amide bonds. The first-order valence-corrected chi connectivity index (χ1v) is 6.83. The van der Waals surface area contributed by atoms with E-state index in [0.29, 0.717) is 18.1 Å². The van der Waals surface area contributed by atoms with Crippen molar-refractivity contribution in [3.05, 3.63) is 23.8 Å². The van der Waals surface area contributed by atoms with E-state index < -0.39 is 5.60 Å². The molecule has 0 aliphatic heterocycles. The Morgan fingerprint density at radius 2 is 2.00 bits per heavy atom. The second kappa shape index (κ2) is 6.26. The second-order valence-electron chi connectivity index (χ2n) is 5.24. The zero-order valence-electron chi connectivity index (χ0n) is 11.7. The number of ether oxygens (including phenoxy) is 2. The smallest absolute Gasteiger partial charge is 0.161 e. The highest BCUT2D eigenvalue weighted by Gasteiger charge is 2.32. The van der Waals surface area contributed by atoms with Crippen LogP contribution in [-0.4, -0.2) is 31.5 Å². The fraction of sp³-hybridized carbons (Fsp3) is 0.600. The van der Waals surface area contributed by atoms with Crippen LogP contribution in [0.3, 0.4) is 0 Å². The number of benzene rings is 1. The number of rotatable bonds is 6. The lowest BCUT2D eigenvalue weighted by molar-refractivity contribution is 0.000709. The Morgan fingerprint density at radius 1 is 1.26 bits per heavy atom. The van der Waals surface area contributed by atoms with E-state index in [1.165, 1.54) is 0 Å². The summed E-state index contributed by atoms with van der Waals surface area (Å²) in [6.07, 6.45) is 3.81. The number of hydrogen-bond donors (Lipinski definition) is 2. The molecule has 1 aromatic rings. The lowest BCUT2D eigenvalue weighted by Gasteiger charge is -2.23. The van der Waals surface area contributed by atoms with Gasteiger partial charge >= 0.3 is 0 Å². The van der Waals surface area contributed by atoms with Crippen molar-refractivity contribution in [3.63, 3.8) is 0 Å². The summed E-state index contributed by atoms with van der Waals surface area (Å²) in [7, 11) is 3.54. The zero-order valence-corrected chi connectivity index (χ0v) is 11.7. The van der Waals surface area contributed by atoms with Crippen LogP contribution in [0.15, 0.2) is 18.2 Å². The van der Waals surface area contributed by atoms with Gasteiger partial charge in [-0.1, -0.05) is 18.9 Å². The van der Waals surface area contributed by atoms with Gasteiger partial charge in [-0.15, -0.1) is 0 Å². The van der Waals surface area contributed by atoms with Crippen molar-refractivity contribution in [3.8, 4) is 11.5 Å². The van der Waals surface area contributed by atoms with Crippen LogP contribution in [0.1, 0.15) is 31.2 Å². The van der Waals surface area contributed by atoms with E-state index in [1.54, 1.807) is 7.11 Å². The average molecular weight is 265 g/mol. The standard InChI is InChI=1S/C15H23NO3/c1-16-10-12-5-6-13(18-2)14(9-12)19-11-15(17)7-3-4-8-15/h5-6,9,16-17H,3-4,7-8,10-11H2,1-2H3. The Kier molecular flexibility index (Phi) is 4.66. The predicted octanol–water partition coefficient (Wildman–Crippen LogP) is 2.10. The van der Waals surface area contributed by atoms with E-state index in [-0.39, 0.29) is 0 Å². The molecule has 0 radical (unpaired) electrons. The van der Waals surface area contributed by atoms with Crippen LogP contribution in [0.5, 0.6) is 11.5 Å². The molecule has 0 heterocycles. The Morgan fingerprint density at radius 3 is 2.63 bits per heavy atom. The lowest BCUT2D eigenvalue weighted by Crippen LogP contribution is -2.32. The lowest BCUT2D eigenvalue weighted by atomic mass is 10.0. The highest BCUT2D eigenvalue weighted by molar-refractivity contribution is 5.43. The van der Waals surface area contributed by atoms with Crippen molar-refractivity contribution in [2.24, 2.45) is 0 Å². The van der Waals surface area contributed by atoms with Crippen molar-refractivity contribution in [1.29, 1.82) is 0 Å². The molecule has 4 heteroatoms. The molecule has 19 heavy (non-hydrogen) atoms. The summed E-state index contributed by atoms with van der Waals surface area (Å²) in [6, 6.07) is 5.88. The minimum Gasteiger partial charge on any atom is -0.493 e. The quantitative estimate of drug-likeness (QED) is 0.827. The van der Waals surface area contributed by atoms with Gasteiger partial charge in [-0.2, -0.15) is 0 Å². The molecule has 1 saturated carbocycles. The first-order chi connectivity index (χ1) is 9.17. The van der Waals surface area contributed by atoms with Gasteiger partial charge < -0.3 is 19.9 Å². The monoisotopic (exact) mass is 265 g/mol. The van der Waals surface area contributed by atoms with Gasteiger partial charge in [0.1, 0.15) is 6.61 Å². The molecule has 1 aliphatic rings. The fourth-order valence-electron chi connectivity index (χ4n) is 2.54. The van der Waals surface area contributed by atoms with Crippen LogP contribution >= 0.6 is 0 Å². The van der Waals surface area contributed by atoms with E-state index in [0.717, 1.165) is 37.8 Å². The van der Waals surface area contributed by atoms with Crippen LogP contribution in [0.25, 0.3) is 0 Å². The summed E-state index contributed by atoms with van der Waals surface area (Å²) in [5.41, 5.74) is 0.473. The predicted molar refractivity (Wildman–Crippen MR) is 74.7 cm³/mol. The van der Waals surface area contributed by atoms with Gasteiger partial charge in [0.25, 0.3) is 0 Å². The molecule has 0 aromatic heterocycles. The van der Waals surface area contributed by atoms with Crippen LogP contribution in [-0.2, 0) is 6.54 Å². The SMILES string of the molecule is CNCc1ccc(OC)c(OCC2(O)CCCC2)c1. The summed E-state index contributed by atoms with van der Waals surface area (Å²) in [4.78, 5) is 0. The van der Waals surface area contributed by atoms with Crippen molar-refractivity contribution in [2.45, 2.75) is 37.8 Å². The summed E-state index contributed by atoms with van der Waals surface area (Å²) >= 11 is 0. The number of methoxy groups -OCH3 is 1. The van der Waals surface area contributed by atoms with Crippen LogP contribution in [0.4, 0.5) is 0 Å². The maximum atomic E-state index is 10.3. The van der Waals surface area contributed by atoms with Gasteiger partial charge in [-0.05, 0) is 37.6 Å². The van der Waals surface area contributed by atoms with Crippen LogP contribution in [0.2, 0.25) is 0 Å². The summed E-state index contributed by atoms with van der Waals surface area (Å²) in [5, 5.41) is 13.4. The van der Waals surface area contributed by atoms with Crippen LogP contribution < -0.4 is 14.8 Å². The largest absolute Gasteiger partial charge is 0.493 e. The highest BCUT2D eigenvalue weighted by Crippen LogP contribution is 2.33. The minimum atomic E-state index is -0.663. The molecule has 0 bridgehead atoms. The summed E-state index contributed by atoms with van der Waals surface area (Å²) < 4.78 is 11.1. The van der Waals surface area contributed by atoms with E-state index in [9.17, 15) is 5.11 Å². The van der Waals surface area contributed by atoms with Crippen LogP contribution in [0, 0.1) is 0 Å². The Hall–Kier alpha value is -1.26. The van der Waals surface area contributed by atoms with Gasteiger partial charge in [0.15, 0.2) is 11.5 Å². The van der Waals surface area contributed by atoms with Gasteiger partial charge in [-0.25, -0.2) is 0 Å². The molecule has 1 aliphatic carbocycles. The molecule has 0 atom stereocenters. The van der Waals surface area contributed by atoms with Crippen molar-refractivity contribution >= 4 is 0 Å². The van der Waals surface area contributed by atoms with E-state index in [2.05, 4.69) is 5.32 Å². The van der Waals surface area contributed by atoms with E-state index in [4.69, 9.17) is 9.47 Å². The molecule has 2 N–H and O–H groups in total. The third-order valence-electron chi connectivity index (χ3n) is 3.64. The van der Waals surface area contributed by atoms with Gasteiger partial charge in [0, 0.05) is 6.54 Å². The molecule has 2 rings (SSSR count). The minimum absolute atomic E-state index is 0.340. The highest BCUT2D eigenvalue weighted by atomic mass is 16.5. The first kappa shape index (κ1) is 14.2. The molecule has 106 valence electrons. The molecular formula is C15H23NO3. The number of aliphatic hydroxyl groups is 1. The average Bonchev–Trinajstić information content (AvgIpc) is 2.84. The number of nitrogens with one attached hydrogen (secondary N) is 1. The number of hydrogen-bond acceptors (Lipinski definition) is 4. The van der Waals surface area contributed by atoms with E-state index >= 15 is 0 Å². The maximum absolute atomic E-state index is 10.3. The molecule has 1 fully saturated rings. The van der Waals surface area contributed by atoms with Crippen molar-refractivity contribution in [1.82, 2.24) is 5.32 Å². The topological polar surface area (TPSA) is 50.7 Å². The zero-order chi connectivity index (χ0) is 13.7. The first-order valence-electron chi connectivity index (χ1n) is 6.83. The van der Waals surface area contributed by atoms with Gasteiger partial charge in [0.2, 0.25) is 0 Å².